The van der Waals surface area contributed by atoms with E-state index in [9.17, 15) is 26.3 Å². The molecule has 0 bridgehead atoms. The first-order valence-electron chi connectivity index (χ1n) is 10.9. The fraction of sp³-hybridized carbons (Fsp3) is 0.500. The highest BCUT2D eigenvalue weighted by molar-refractivity contribution is 14.1. The molecule has 0 saturated carbocycles. The summed E-state index contributed by atoms with van der Waals surface area (Å²) < 4.78 is 92.8. The van der Waals surface area contributed by atoms with Crippen LogP contribution >= 0.6 is 22.6 Å². The van der Waals surface area contributed by atoms with Crippen molar-refractivity contribution in [3.05, 3.63) is 67.8 Å². The van der Waals surface area contributed by atoms with E-state index in [0.29, 0.717) is 19.8 Å². The molecule has 186 valence electrons. The van der Waals surface area contributed by atoms with Gasteiger partial charge in [-0.1, -0.05) is 6.07 Å². The van der Waals surface area contributed by atoms with Gasteiger partial charge in [-0.05, 0) is 83.5 Å². The fourth-order valence-electron chi connectivity index (χ4n) is 4.91. The van der Waals surface area contributed by atoms with Crippen LogP contribution in [0.2, 0.25) is 0 Å². The van der Waals surface area contributed by atoms with E-state index in [4.69, 9.17) is 9.47 Å². The van der Waals surface area contributed by atoms with Crippen molar-refractivity contribution in [2.45, 2.75) is 44.4 Å². The van der Waals surface area contributed by atoms with Gasteiger partial charge in [-0.3, -0.25) is 5.32 Å². The maximum Gasteiger partial charge on any atom is 0.416 e. The lowest BCUT2D eigenvalue weighted by Crippen LogP contribution is -2.40. The van der Waals surface area contributed by atoms with Gasteiger partial charge in [0.05, 0.1) is 30.4 Å². The first-order valence-corrected chi connectivity index (χ1v) is 11.9. The Balaban J connectivity index is 1.63. The van der Waals surface area contributed by atoms with E-state index in [1.54, 1.807) is 0 Å². The van der Waals surface area contributed by atoms with Gasteiger partial charge in [-0.15, -0.1) is 0 Å². The Morgan fingerprint density at radius 2 is 1.65 bits per heavy atom. The molecule has 34 heavy (non-hydrogen) atoms. The van der Waals surface area contributed by atoms with Crippen LogP contribution in [-0.2, 0) is 21.8 Å². The van der Waals surface area contributed by atoms with Crippen molar-refractivity contribution in [2.24, 2.45) is 11.8 Å². The van der Waals surface area contributed by atoms with Crippen molar-refractivity contribution >= 4 is 22.6 Å². The van der Waals surface area contributed by atoms with E-state index in [1.807, 2.05) is 19.1 Å². The van der Waals surface area contributed by atoms with Crippen LogP contribution in [0.4, 0.5) is 26.3 Å². The number of fused-ring (bicyclic) bond motifs is 1. The molecule has 0 radical (unpaired) electrons. The molecule has 2 aromatic rings. The highest BCUT2D eigenvalue weighted by atomic mass is 127. The third-order valence-electron chi connectivity index (χ3n) is 6.64. The van der Waals surface area contributed by atoms with E-state index in [0.717, 1.165) is 26.8 Å². The molecule has 0 aromatic heterocycles. The topological polar surface area (TPSA) is 30.5 Å². The van der Waals surface area contributed by atoms with Gasteiger partial charge < -0.3 is 9.47 Å². The summed E-state index contributed by atoms with van der Waals surface area (Å²) in [6.07, 6.45) is -11.3. The summed E-state index contributed by atoms with van der Waals surface area (Å²) in [5, 5.41) is 3.27. The monoisotopic (exact) mass is 599 g/mol. The summed E-state index contributed by atoms with van der Waals surface area (Å²) in [5.74, 6) is 0.0920. The zero-order chi connectivity index (χ0) is 24.8. The number of halogens is 7. The Morgan fingerprint density at radius 1 is 1.00 bits per heavy atom. The molecule has 3 nitrogen and oxygen atoms in total. The van der Waals surface area contributed by atoms with Crippen molar-refractivity contribution in [3.8, 4) is 0 Å². The first-order chi connectivity index (χ1) is 15.8. The summed E-state index contributed by atoms with van der Waals surface area (Å²) in [4.78, 5) is 0. The summed E-state index contributed by atoms with van der Waals surface area (Å²) in [7, 11) is 0. The van der Waals surface area contributed by atoms with Gasteiger partial charge in [0.1, 0.15) is 6.23 Å². The molecule has 2 aliphatic heterocycles. The minimum Gasteiger partial charge on any atom is -0.380 e. The summed E-state index contributed by atoms with van der Waals surface area (Å²) in [6.45, 7) is 5.08. The number of hydrogen-bond donors (Lipinski definition) is 1. The average Bonchev–Trinajstić information content (AvgIpc) is 3.17. The standard InChI is InChI=1S/C24H24F6INO2/c1-12-3-4-18(31)8-19(12)20-11-33-10-15-9-32-22(21(15)20)34-13(2)14-5-16(23(25,26)27)7-17(6-14)24(28,29)30/h3-8,13,15,20-22,32H,9-11H2,1-2H3/t13-,15?,20?,21?,22?/m1/s1. The van der Waals surface area contributed by atoms with Gasteiger partial charge in [0, 0.05) is 27.9 Å². The Bertz CT molecular complexity index is 1010. The van der Waals surface area contributed by atoms with Gasteiger partial charge in [0.2, 0.25) is 0 Å². The predicted molar refractivity (Wildman–Crippen MR) is 122 cm³/mol. The Kier molecular flexibility index (Phi) is 7.25. The van der Waals surface area contributed by atoms with Crippen LogP contribution in [0.3, 0.4) is 0 Å². The molecule has 0 aliphatic carbocycles. The summed E-state index contributed by atoms with van der Waals surface area (Å²) >= 11 is 2.24. The van der Waals surface area contributed by atoms with Gasteiger partial charge in [-0.25, -0.2) is 0 Å². The minimum atomic E-state index is -4.90. The Hall–Kier alpha value is -1.37. The lowest BCUT2D eigenvalue weighted by atomic mass is 9.76. The lowest BCUT2D eigenvalue weighted by molar-refractivity contribution is -0.143. The number of ether oxygens (including phenoxy) is 2. The molecule has 0 amide bonds. The second-order valence-electron chi connectivity index (χ2n) is 8.93. The molecular formula is C24H24F6INO2. The Labute approximate surface area is 207 Å². The van der Waals surface area contributed by atoms with Crippen LogP contribution in [0.15, 0.2) is 36.4 Å². The molecule has 1 N–H and O–H groups in total. The SMILES string of the molecule is Cc1ccc(I)cc1C1COCC2CNC(O[C@H](C)c3cc(C(F)(F)F)cc(C(F)(F)F)c3)C21. The number of nitrogens with one attached hydrogen (secondary N) is 1. The van der Waals surface area contributed by atoms with Crippen molar-refractivity contribution in [2.75, 3.05) is 19.8 Å². The largest absolute Gasteiger partial charge is 0.416 e. The maximum atomic E-state index is 13.3. The molecule has 10 heteroatoms. The number of alkyl halides is 6. The predicted octanol–water partition coefficient (Wildman–Crippen LogP) is 6.69. The molecule has 4 rings (SSSR count). The Morgan fingerprint density at radius 3 is 2.26 bits per heavy atom. The van der Waals surface area contributed by atoms with Crippen LogP contribution in [0.25, 0.3) is 0 Å². The molecule has 4 unspecified atom stereocenters. The van der Waals surface area contributed by atoms with E-state index >= 15 is 0 Å². The molecule has 2 aromatic carbocycles. The van der Waals surface area contributed by atoms with Gasteiger partial charge in [0.25, 0.3) is 0 Å². The average molecular weight is 599 g/mol. The van der Waals surface area contributed by atoms with Crippen LogP contribution in [0.1, 0.15) is 46.8 Å². The smallest absolute Gasteiger partial charge is 0.380 e. The normalized spacial score (nSPS) is 26.4. The second-order valence-corrected chi connectivity index (χ2v) is 10.2. The number of benzene rings is 2. The maximum absolute atomic E-state index is 13.3. The molecular weight excluding hydrogens is 575 g/mol. The first kappa shape index (κ1) is 25.7. The fourth-order valence-corrected chi connectivity index (χ4v) is 5.43. The van der Waals surface area contributed by atoms with Crippen LogP contribution < -0.4 is 5.32 Å². The second kappa shape index (κ2) is 9.59. The van der Waals surface area contributed by atoms with Crippen LogP contribution in [0.5, 0.6) is 0 Å². The summed E-state index contributed by atoms with van der Waals surface area (Å²) in [6, 6.07) is 7.73. The molecule has 2 fully saturated rings. The number of hydrogen-bond acceptors (Lipinski definition) is 3. The van der Waals surface area contributed by atoms with Gasteiger partial charge in [0.15, 0.2) is 0 Å². The van der Waals surface area contributed by atoms with Crippen molar-refractivity contribution in [3.63, 3.8) is 0 Å². The highest BCUT2D eigenvalue weighted by Crippen LogP contribution is 2.44. The van der Waals surface area contributed by atoms with Crippen LogP contribution in [-0.4, -0.2) is 26.0 Å². The molecule has 5 atom stereocenters. The third-order valence-corrected chi connectivity index (χ3v) is 7.31. The third kappa shape index (κ3) is 5.39. The molecule has 0 spiro atoms. The van der Waals surface area contributed by atoms with E-state index < -0.39 is 35.8 Å². The van der Waals surface area contributed by atoms with Crippen molar-refractivity contribution in [1.29, 1.82) is 0 Å². The molecule has 2 aliphatic rings. The van der Waals surface area contributed by atoms with Crippen LogP contribution in [0, 0.1) is 22.3 Å². The quantitative estimate of drug-likeness (QED) is 0.314. The number of rotatable bonds is 4. The molecule has 2 saturated heterocycles. The van der Waals surface area contributed by atoms with E-state index in [1.165, 1.54) is 6.92 Å². The molecule has 2 heterocycles. The zero-order valence-corrected chi connectivity index (χ0v) is 20.6. The van der Waals surface area contributed by atoms with Gasteiger partial charge >= 0.3 is 12.4 Å². The number of aryl methyl sites for hydroxylation is 1. The van der Waals surface area contributed by atoms with Crippen molar-refractivity contribution < 1.29 is 35.8 Å². The zero-order valence-electron chi connectivity index (χ0n) is 18.4. The van der Waals surface area contributed by atoms with E-state index in [-0.39, 0.29) is 29.4 Å². The van der Waals surface area contributed by atoms with Crippen molar-refractivity contribution in [1.82, 2.24) is 5.32 Å². The van der Waals surface area contributed by atoms with E-state index in [2.05, 4.69) is 34.0 Å². The lowest BCUT2D eigenvalue weighted by Gasteiger charge is -2.38. The summed E-state index contributed by atoms with van der Waals surface area (Å²) in [5.41, 5.74) is -0.639. The highest BCUT2D eigenvalue weighted by Gasteiger charge is 2.46. The van der Waals surface area contributed by atoms with Gasteiger partial charge in [-0.2, -0.15) is 26.3 Å². The minimum absolute atomic E-state index is 0.00656.